The van der Waals surface area contributed by atoms with Gasteiger partial charge in [0.2, 0.25) is 11.8 Å². The van der Waals surface area contributed by atoms with Crippen LogP contribution in [0.15, 0.2) is 36.4 Å². The van der Waals surface area contributed by atoms with Gasteiger partial charge in [-0.1, -0.05) is 19.9 Å². The molecule has 4 aliphatic rings. The number of rotatable bonds is 5. The normalized spacial score (nSPS) is 39.1. The molecule has 0 spiro atoms. The Morgan fingerprint density at radius 2 is 1.88 bits per heavy atom. The highest BCUT2D eigenvalue weighted by molar-refractivity contribution is 5.90. The summed E-state index contributed by atoms with van der Waals surface area (Å²) in [5.41, 5.74) is 1.26. The number of hydrogen-bond donors (Lipinski definition) is 2. The first-order chi connectivity index (χ1) is 15.8. The van der Waals surface area contributed by atoms with Crippen molar-refractivity contribution in [1.82, 2.24) is 5.32 Å². The maximum absolute atomic E-state index is 12.7. The van der Waals surface area contributed by atoms with Gasteiger partial charge in [-0.25, -0.2) is 0 Å². The Morgan fingerprint density at radius 1 is 1.09 bits per heavy atom. The molecule has 1 heterocycles. The van der Waals surface area contributed by atoms with Crippen LogP contribution in [0.3, 0.4) is 0 Å². The lowest BCUT2D eigenvalue weighted by molar-refractivity contribution is -0.123. The third kappa shape index (κ3) is 3.87. The summed E-state index contributed by atoms with van der Waals surface area (Å²) in [6.45, 7) is 4.89. The Balaban J connectivity index is 1.22. The highest BCUT2D eigenvalue weighted by Gasteiger charge is 2.59. The number of hydrogen-bond acceptors (Lipinski definition) is 3. The van der Waals surface area contributed by atoms with E-state index in [2.05, 4.69) is 30.6 Å². The van der Waals surface area contributed by atoms with Gasteiger partial charge in [0.15, 0.2) is 0 Å². The summed E-state index contributed by atoms with van der Waals surface area (Å²) in [5.74, 6) is 3.74. The summed E-state index contributed by atoms with van der Waals surface area (Å²) < 4.78 is 5.19. The molecule has 0 unspecified atom stereocenters. The first-order valence-corrected chi connectivity index (χ1v) is 12.8. The molecule has 3 fully saturated rings. The molecular formula is C28H38N2O3. The molecule has 5 rings (SSSR count). The Labute approximate surface area is 197 Å². The maximum atomic E-state index is 12.7. The third-order valence-electron chi connectivity index (χ3n) is 9.98. The van der Waals surface area contributed by atoms with Crippen LogP contribution in [0.2, 0.25) is 0 Å². The summed E-state index contributed by atoms with van der Waals surface area (Å²) in [5, 5.41) is 6.30. The van der Waals surface area contributed by atoms with E-state index >= 15 is 0 Å². The minimum absolute atomic E-state index is 0.0745. The Kier molecular flexibility index (Phi) is 5.78. The van der Waals surface area contributed by atoms with E-state index in [0.717, 1.165) is 36.1 Å². The number of carbonyl (C=O) groups excluding carboxylic acids is 2. The zero-order valence-corrected chi connectivity index (χ0v) is 20.2. The van der Waals surface area contributed by atoms with E-state index < -0.39 is 0 Å². The number of anilines is 1. The van der Waals surface area contributed by atoms with Crippen molar-refractivity contribution in [3.8, 4) is 5.75 Å². The van der Waals surface area contributed by atoms with Gasteiger partial charge in [-0.05, 0) is 104 Å². The highest BCUT2D eigenvalue weighted by Crippen LogP contribution is 2.65. The molecule has 0 saturated heterocycles. The van der Waals surface area contributed by atoms with Gasteiger partial charge in [0.05, 0.1) is 7.11 Å². The van der Waals surface area contributed by atoms with Crippen molar-refractivity contribution in [3.63, 3.8) is 0 Å². The third-order valence-corrected chi connectivity index (χ3v) is 9.98. The average Bonchev–Trinajstić information content (AvgIpc) is 3.15. The molecule has 1 aliphatic heterocycles. The molecular weight excluding hydrogens is 412 g/mol. The van der Waals surface area contributed by atoms with E-state index in [1.54, 1.807) is 13.2 Å². The van der Waals surface area contributed by atoms with Crippen molar-refractivity contribution in [2.24, 2.45) is 34.5 Å². The second-order valence-corrected chi connectivity index (χ2v) is 11.3. The monoisotopic (exact) mass is 450 g/mol. The molecule has 178 valence electrons. The number of fused-ring (bicyclic) bond motifs is 5. The van der Waals surface area contributed by atoms with E-state index in [4.69, 9.17) is 4.74 Å². The molecule has 5 nitrogen and oxygen atoms in total. The van der Waals surface area contributed by atoms with Crippen LogP contribution >= 0.6 is 0 Å². The predicted molar refractivity (Wildman–Crippen MR) is 130 cm³/mol. The van der Waals surface area contributed by atoms with Crippen LogP contribution in [0, 0.1) is 34.5 Å². The van der Waals surface area contributed by atoms with E-state index in [0.29, 0.717) is 29.7 Å². The number of carbonyl (C=O) groups is 2. The molecule has 3 saturated carbocycles. The molecule has 3 aliphatic carbocycles. The second-order valence-electron chi connectivity index (χ2n) is 11.3. The molecule has 1 aromatic carbocycles. The van der Waals surface area contributed by atoms with Crippen molar-refractivity contribution in [3.05, 3.63) is 36.4 Å². The van der Waals surface area contributed by atoms with Crippen molar-refractivity contribution in [1.29, 1.82) is 0 Å². The molecule has 0 bridgehead atoms. The van der Waals surface area contributed by atoms with Crippen LogP contribution in [0.4, 0.5) is 5.69 Å². The van der Waals surface area contributed by atoms with Crippen LogP contribution < -0.4 is 15.4 Å². The SMILES string of the molecule is COc1ccc(NC(=O)CC[C@H]2CC[C@H]3[C@@H]4CC[C@H]5NC(=O)C=C[C@]5(C)[C@H]4CC[C@]23C)cc1. The minimum atomic E-state index is 0.0745. The number of nitrogens with one attached hydrogen (secondary N) is 2. The molecule has 2 amide bonds. The van der Waals surface area contributed by atoms with Crippen LogP contribution in [-0.2, 0) is 9.59 Å². The quantitative estimate of drug-likeness (QED) is 0.637. The first-order valence-electron chi connectivity index (χ1n) is 12.8. The van der Waals surface area contributed by atoms with Crippen LogP contribution in [0.25, 0.3) is 0 Å². The highest BCUT2D eigenvalue weighted by atomic mass is 16.5. The zero-order chi connectivity index (χ0) is 23.2. The fraction of sp³-hybridized carbons (Fsp3) is 0.643. The Morgan fingerprint density at radius 3 is 2.64 bits per heavy atom. The fourth-order valence-electron chi connectivity index (χ4n) is 8.12. The van der Waals surface area contributed by atoms with Crippen LogP contribution in [0.5, 0.6) is 5.75 Å². The maximum Gasteiger partial charge on any atom is 0.243 e. The van der Waals surface area contributed by atoms with Crippen molar-refractivity contribution in [2.45, 2.75) is 71.3 Å². The lowest BCUT2D eigenvalue weighted by Crippen LogP contribution is -2.59. The molecule has 0 radical (unpaired) electrons. The Hall–Kier alpha value is -2.30. The largest absolute Gasteiger partial charge is 0.497 e. The lowest BCUT2D eigenvalue weighted by Gasteiger charge is -2.59. The molecule has 1 aromatic rings. The summed E-state index contributed by atoms with van der Waals surface area (Å²) in [6.07, 6.45) is 12.9. The summed E-state index contributed by atoms with van der Waals surface area (Å²) >= 11 is 0. The topological polar surface area (TPSA) is 67.4 Å². The average molecular weight is 451 g/mol. The van der Waals surface area contributed by atoms with Gasteiger partial charge in [0.25, 0.3) is 0 Å². The van der Waals surface area contributed by atoms with Gasteiger partial charge in [0.1, 0.15) is 5.75 Å². The van der Waals surface area contributed by atoms with E-state index in [1.807, 2.05) is 24.3 Å². The van der Waals surface area contributed by atoms with Crippen LogP contribution in [0.1, 0.15) is 65.2 Å². The van der Waals surface area contributed by atoms with Gasteiger partial charge >= 0.3 is 0 Å². The van der Waals surface area contributed by atoms with Crippen molar-refractivity contribution < 1.29 is 14.3 Å². The lowest BCUT2D eigenvalue weighted by atomic mass is 9.48. The predicted octanol–water partition coefficient (Wildman–Crippen LogP) is 5.33. The molecule has 7 atom stereocenters. The number of benzene rings is 1. The van der Waals surface area contributed by atoms with Gasteiger partial charge < -0.3 is 15.4 Å². The zero-order valence-electron chi connectivity index (χ0n) is 20.2. The van der Waals surface area contributed by atoms with E-state index in [-0.39, 0.29) is 17.2 Å². The second kappa shape index (κ2) is 8.48. The molecule has 33 heavy (non-hydrogen) atoms. The minimum Gasteiger partial charge on any atom is -0.497 e. The van der Waals surface area contributed by atoms with Gasteiger partial charge in [-0.3, -0.25) is 9.59 Å². The fourth-order valence-corrected chi connectivity index (χ4v) is 8.12. The van der Waals surface area contributed by atoms with E-state index in [1.165, 1.54) is 32.1 Å². The van der Waals surface area contributed by atoms with Gasteiger partial charge in [0, 0.05) is 23.6 Å². The molecule has 2 N–H and O–H groups in total. The van der Waals surface area contributed by atoms with Crippen LogP contribution in [-0.4, -0.2) is 25.0 Å². The first kappa shape index (κ1) is 22.5. The van der Waals surface area contributed by atoms with Gasteiger partial charge in [-0.2, -0.15) is 0 Å². The molecule has 0 aromatic heterocycles. The van der Waals surface area contributed by atoms with Gasteiger partial charge in [-0.15, -0.1) is 0 Å². The summed E-state index contributed by atoms with van der Waals surface area (Å²) in [7, 11) is 1.65. The standard InChI is InChI=1S/C28H38N2O3/c1-27-16-14-23-21(10-12-24-28(23,2)17-15-26(32)30-24)22(27)11-4-18(27)5-13-25(31)29-19-6-8-20(33-3)9-7-19/h6-9,15,17-18,21-24H,4-5,10-14,16H2,1-3H3,(H,29,31)(H,30,32)/t18-,21+,22+,23+,24-,27-,28-/m1/s1. The van der Waals surface area contributed by atoms with Crippen molar-refractivity contribution in [2.75, 3.05) is 12.4 Å². The number of methoxy groups -OCH3 is 1. The van der Waals surface area contributed by atoms with E-state index in [9.17, 15) is 9.59 Å². The number of ether oxygens (including phenoxy) is 1. The summed E-state index contributed by atoms with van der Waals surface area (Å²) in [6, 6.07) is 7.82. The Bertz CT molecular complexity index is 941. The smallest absolute Gasteiger partial charge is 0.243 e. The van der Waals surface area contributed by atoms with Crippen molar-refractivity contribution >= 4 is 17.5 Å². The number of amides is 2. The molecule has 5 heteroatoms. The summed E-state index contributed by atoms with van der Waals surface area (Å²) in [4.78, 5) is 24.6.